The number of hydrogen-bond donors (Lipinski definition) is 1. The number of thiophene rings is 1. The second-order valence-electron chi connectivity index (χ2n) is 3.96. The van der Waals surface area contributed by atoms with Crippen LogP contribution in [-0.4, -0.2) is 10.5 Å². The van der Waals surface area contributed by atoms with Crippen LogP contribution in [0.3, 0.4) is 0 Å². The van der Waals surface area contributed by atoms with Crippen LogP contribution in [0.15, 0.2) is 35.7 Å². The maximum absolute atomic E-state index is 11.3. The van der Waals surface area contributed by atoms with Crippen molar-refractivity contribution < 1.29 is 4.21 Å². The Labute approximate surface area is 118 Å². The van der Waals surface area contributed by atoms with Gasteiger partial charge in [0.05, 0.1) is 0 Å². The van der Waals surface area contributed by atoms with Crippen LogP contribution in [0.5, 0.6) is 0 Å². The number of nitrogens with one attached hydrogen (secondary N) is 1. The Morgan fingerprint density at radius 2 is 2.22 bits per heavy atom. The van der Waals surface area contributed by atoms with Gasteiger partial charge in [0.1, 0.15) is 0 Å². The van der Waals surface area contributed by atoms with E-state index in [9.17, 15) is 4.21 Å². The molecule has 0 unspecified atom stereocenters. The molecule has 0 aliphatic carbocycles. The third-order valence-corrected chi connectivity index (χ3v) is 4.41. The predicted octanol–water partition coefficient (Wildman–Crippen LogP) is 3.89. The zero-order valence-electron chi connectivity index (χ0n) is 9.98. The van der Waals surface area contributed by atoms with E-state index in [-0.39, 0.29) is 0 Å². The fourth-order valence-corrected chi connectivity index (χ4v) is 3.20. The highest BCUT2D eigenvalue weighted by atomic mass is 35.5. The van der Waals surface area contributed by atoms with E-state index < -0.39 is 10.8 Å². The molecule has 1 aromatic carbocycles. The average Bonchev–Trinajstić information content (AvgIpc) is 2.82. The smallest absolute Gasteiger partial charge is 0.0498 e. The molecule has 1 aromatic heterocycles. The van der Waals surface area contributed by atoms with Crippen LogP contribution in [0, 0.1) is 0 Å². The average molecular weight is 300 g/mol. The van der Waals surface area contributed by atoms with Crippen molar-refractivity contribution in [3.8, 4) is 0 Å². The van der Waals surface area contributed by atoms with Crippen molar-refractivity contribution in [2.24, 2.45) is 0 Å². The molecule has 0 spiro atoms. The summed E-state index contributed by atoms with van der Waals surface area (Å²) in [5.74, 6) is 0.493. The van der Waals surface area contributed by atoms with Gasteiger partial charge in [0.2, 0.25) is 0 Å². The van der Waals surface area contributed by atoms with Crippen LogP contribution in [0.4, 0.5) is 5.69 Å². The first-order valence-electron chi connectivity index (χ1n) is 5.50. The lowest BCUT2D eigenvalue weighted by atomic mass is 10.2. The molecule has 96 valence electrons. The van der Waals surface area contributed by atoms with Crippen molar-refractivity contribution in [1.82, 2.24) is 0 Å². The van der Waals surface area contributed by atoms with Gasteiger partial charge in [-0.05, 0) is 35.2 Å². The third-order valence-electron chi connectivity index (χ3n) is 2.45. The van der Waals surface area contributed by atoms with Gasteiger partial charge in [-0.15, -0.1) is 11.3 Å². The molecule has 0 saturated carbocycles. The minimum absolute atomic E-state index is 0.493. The fraction of sp³-hybridized carbons (Fsp3) is 0.231. The molecule has 0 aliphatic heterocycles. The highest BCUT2D eigenvalue weighted by Gasteiger charge is 2.04. The topological polar surface area (TPSA) is 29.1 Å². The maximum atomic E-state index is 11.3. The first-order chi connectivity index (χ1) is 8.65. The van der Waals surface area contributed by atoms with Crippen LogP contribution >= 0.6 is 22.9 Å². The Kier molecular flexibility index (Phi) is 4.80. The SMILES string of the molecule is C[S@](=O)Cc1cc(NCc2cccs2)ccc1Cl. The van der Waals surface area contributed by atoms with Gasteiger partial charge in [-0.3, -0.25) is 4.21 Å². The van der Waals surface area contributed by atoms with E-state index in [0.29, 0.717) is 10.8 Å². The van der Waals surface area contributed by atoms with Gasteiger partial charge in [-0.1, -0.05) is 17.7 Å². The maximum Gasteiger partial charge on any atom is 0.0498 e. The quantitative estimate of drug-likeness (QED) is 0.907. The Morgan fingerprint density at radius 3 is 2.89 bits per heavy atom. The standard InChI is InChI=1S/C13H14ClNOS2/c1-18(16)9-10-7-11(4-5-13(10)14)15-8-12-3-2-6-17-12/h2-7,15H,8-9H2,1H3/t18-/m0/s1. The molecule has 18 heavy (non-hydrogen) atoms. The monoisotopic (exact) mass is 299 g/mol. The summed E-state index contributed by atoms with van der Waals surface area (Å²) in [6.07, 6.45) is 1.68. The summed E-state index contributed by atoms with van der Waals surface area (Å²) in [5.41, 5.74) is 1.93. The second-order valence-corrected chi connectivity index (χ2v) is 6.83. The number of benzene rings is 1. The van der Waals surface area contributed by atoms with Gasteiger partial charge in [0, 0.05) is 44.9 Å². The van der Waals surface area contributed by atoms with Gasteiger partial charge >= 0.3 is 0 Å². The zero-order valence-corrected chi connectivity index (χ0v) is 12.4. The summed E-state index contributed by atoms with van der Waals surface area (Å²) < 4.78 is 11.3. The molecular formula is C13H14ClNOS2. The highest BCUT2D eigenvalue weighted by Crippen LogP contribution is 2.22. The lowest BCUT2D eigenvalue weighted by molar-refractivity contribution is 0.686. The number of halogens is 1. The molecule has 2 aromatic rings. The largest absolute Gasteiger partial charge is 0.380 e. The molecule has 0 bridgehead atoms. The van der Waals surface area contributed by atoms with Crippen molar-refractivity contribution in [3.05, 3.63) is 51.2 Å². The van der Waals surface area contributed by atoms with E-state index in [0.717, 1.165) is 17.8 Å². The Balaban J connectivity index is 2.06. The van der Waals surface area contributed by atoms with E-state index in [1.807, 2.05) is 24.3 Å². The first-order valence-corrected chi connectivity index (χ1v) is 8.48. The lowest BCUT2D eigenvalue weighted by Gasteiger charge is -2.08. The molecular weight excluding hydrogens is 286 g/mol. The van der Waals surface area contributed by atoms with Gasteiger partial charge in [-0.25, -0.2) is 0 Å². The summed E-state index contributed by atoms with van der Waals surface area (Å²) in [7, 11) is -0.879. The molecule has 1 heterocycles. The van der Waals surface area contributed by atoms with Crippen molar-refractivity contribution in [3.63, 3.8) is 0 Å². The molecule has 2 rings (SSSR count). The van der Waals surface area contributed by atoms with Crippen LogP contribution in [-0.2, 0) is 23.1 Å². The molecule has 1 atom stereocenters. The highest BCUT2D eigenvalue weighted by molar-refractivity contribution is 7.83. The van der Waals surface area contributed by atoms with E-state index in [1.165, 1.54) is 4.88 Å². The number of anilines is 1. The van der Waals surface area contributed by atoms with Crippen LogP contribution in [0.2, 0.25) is 5.02 Å². The normalized spacial score (nSPS) is 12.3. The van der Waals surface area contributed by atoms with E-state index in [1.54, 1.807) is 17.6 Å². The minimum Gasteiger partial charge on any atom is -0.380 e. The van der Waals surface area contributed by atoms with Gasteiger partial charge < -0.3 is 5.32 Å². The van der Waals surface area contributed by atoms with Crippen molar-refractivity contribution >= 4 is 39.4 Å². The number of rotatable bonds is 5. The van der Waals surface area contributed by atoms with Crippen molar-refractivity contribution in [1.29, 1.82) is 0 Å². The minimum atomic E-state index is -0.879. The summed E-state index contributed by atoms with van der Waals surface area (Å²) >= 11 is 7.80. The van der Waals surface area contributed by atoms with E-state index >= 15 is 0 Å². The molecule has 0 aliphatic rings. The van der Waals surface area contributed by atoms with Crippen LogP contribution in [0.25, 0.3) is 0 Å². The second kappa shape index (κ2) is 6.36. The summed E-state index contributed by atoms with van der Waals surface area (Å²) in [6, 6.07) is 9.89. The predicted molar refractivity (Wildman–Crippen MR) is 80.9 cm³/mol. The molecule has 2 nitrogen and oxygen atoms in total. The van der Waals surface area contributed by atoms with Gasteiger partial charge in [-0.2, -0.15) is 0 Å². The van der Waals surface area contributed by atoms with Gasteiger partial charge in [0.25, 0.3) is 0 Å². The Bertz CT molecular complexity index is 540. The summed E-state index contributed by atoms with van der Waals surface area (Å²) in [5, 5.41) is 6.07. The van der Waals surface area contributed by atoms with Crippen LogP contribution in [0.1, 0.15) is 10.4 Å². The van der Waals surface area contributed by atoms with Crippen molar-refractivity contribution in [2.45, 2.75) is 12.3 Å². The molecule has 0 fully saturated rings. The summed E-state index contributed by atoms with van der Waals surface area (Å²) in [4.78, 5) is 1.28. The van der Waals surface area contributed by atoms with Crippen LogP contribution < -0.4 is 5.32 Å². The molecule has 0 amide bonds. The third kappa shape index (κ3) is 3.83. The Morgan fingerprint density at radius 1 is 1.39 bits per heavy atom. The van der Waals surface area contributed by atoms with E-state index in [2.05, 4.69) is 16.8 Å². The fourth-order valence-electron chi connectivity index (χ4n) is 1.62. The van der Waals surface area contributed by atoms with E-state index in [4.69, 9.17) is 11.6 Å². The Hall–Kier alpha value is -0.840. The molecule has 0 saturated heterocycles. The lowest BCUT2D eigenvalue weighted by Crippen LogP contribution is -1.99. The summed E-state index contributed by atoms with van der Waals surface area (Å²) in [6.45, 7) is 0.800. The van der Waals surface area contributed by atoms with Crippen molar-refractivity contribution in [2.75, 3.05) is 11.6 Å². The molecule has 1 N–H and O–H groups in total. The zero-order chi connectivity index (χ0) is 13.0. The first kappa shape index (κ1) is 13.6. The van der Waals surface area contributed by atoms with Gasteiger partial charge in [0.15, 0.2) is 0 Å². The molecule has 0 radical (unpaired) electrons. The molecule has 5 heteroatoms. The number of hydrogen-bond acceptors (Lipinski definition) is 3.